The van der Waals surface area contributed by atoms with E-state index in [1.807, 2.05) is 0 Å². The average molecular weight is 627 g/mol. The molecular formula is C41H43Zr. The Bertz CT molecular complexity index is 1750. The molecule has 0 spiro atoms. The Hall–Kier alpha value is -2.89. The molecule has 0 saturated carbocycles. The maximum absolute atomic E-state index is 2.72. The van der Waals surface area contributed by atoms with Crippen LogP contribution in [0.25, 0.3) is 8.85 Å². The predicted molar refractivity (Wildman–Crippen MR) is 177 cm³/mol. The van der Waals surface area contributed by atoms with E-state index in [2.05, 4.69) is 145 Å². The van der Waals surface area contributed by atoms with Crippen molar-refractivity contribution in [2.45, 2.75) is 60.8 Å². The van der Waals surface area contributed by atoms with E-state index in [9.17, 15) is 0 Å². The molecule has 3 aromatic carbocycles. The molecule has 0 bridgehead atoms. The molecule has 3 aliphatic carbocycles. The van der Waals surface area contributed by atoms with E-state index < -0.39 is 22.8 Å². The minimum absolute atomic E-state index is 0.0241. The van der Waals surface area contributed by atoms with Gasteiger partial charge in [0.25, 0.3) is 0 Å². The Morgan fingerprint density at radius 1 is 0.810 bits per heavy atom. The van der Waals surface area contributed by atoms with E-state index in [1.54, 1.807) is 23.2 Å². The van der Waals surface area contributed by atoms with Crippen LogP contribution in [0.2, 0.25) is 0 Å². The van der Waals surface area contributed by atoms with Crippen LogP contribution in [0.4, 0.5) is 0 Å². The van der Waals surface area contributed by atoms with E-state index in [1.165, 1.54) is 38.3 Å². The summed E-state index contributed by atoms with van der Waals surface area (Å²) in [5.41, 5.74) is 12.1. The van der Waals surface area contributed by atoms with E-state index in [4.69, 9.17) is 0 Å². The number of aryl methyl sites for hydroxylation is 1. The van der Waals surface area contributed by atoms with Crippen molar-refractivity contribution in [3.8, 4) is 0 Å². The van der Waals surface area contributed by atoms with Gasteiger partial charge in [-0.15, -0.1) is 0 Å². The van der Waals surface area contributed by atoms with Gasteiger partial charge in [-0.25, -0.2) is 0 Å². The Balaban J connectivity index is 1.81. The number of benzene rings is 3. The summed E-state index contributed by atoms with van der Waals surface area (Å²) < 4.78 is 3.25. The number of fused-ring (bicyclic) bond motifs is 2. The van der Waals surface area contributed by atoms with E-state index in [0.29, 0.717) is 11.8 Å². The molecule has 0 radical (unpaired) electrons. The van der Waals surface area contributed by atoms with Gasteiger partial charge in [0.2, 0.25) is 0 Å². The zero-order valence-electron chi connectivity index (χ0n) is 26.1. The van der Waals surface area contributed by atoms with Crippen LogP contribution in [0.5, 0.6) is 0 Å². The van der Waals surface area contributed by atoms with E-state index in [0.717, 1.165) is 19.3 Å². The summed E-state index contributed by atoms with van der Waals surface area (Å²) in [5.74, 6) is 0.974. The molecule has 0 nitrogen and oxygen atoms in total. The van der Waals surface area contributed by atoms with Crippen molar-refractivity contribution in [1.29, 1.82) is 0 Å². The topological polar surface area (TPSA) is 0 Å². The van der Waals surface area contributed by atoms with Crippen LogP contribution in [0.1, 0.15) is 71.1 Å². The molecule has 0 saturated heterocycles. The van der Waals surface area contributed by atoms with Crippen molar-refractivity contribution in [3.63, 3.8) is 0 Å². The normalized spacial score (nSPS) is 19.2. The standard InChI is InChI=1S/C28H33.C13H10.Zr/c1-7-20-13-14-23-22(15-20)16-24-26(23)25(18(3)4)17-28(8-2,19(5)6)27(24)21-11-9-10-12-21;1-3-7-12(8-4-1)11-13-9-5-2-6-10-13;/h9-11,13-15,17-19H,7-8,12H2,1-6H3;1-10H;. The summed E-state index contributed by atoms with van der Waals surface area (Å²) in [5, 5.41) is 2.98. The summed E-state index contributed by atoms with van der Waals surface area (Å²) in [7, 11) is 0. The molecule has 0 aromatic heterocycles. The van der Waals surface area contributed by atoms with Crippen molar-refractivity contribution in [2.75, 3.05) is 0 Å². The van der Waals surface area contributed by atoms with Crippen molar-refractivity contribution in [3.05, 3.63) is 153 Å². The van der Waals surface area contributed by atoms with Gasteiger partial charge in [-0.1, -0.05) is 0 Å². The summed E-state index contributed by atoms with van der Waals surface area (Å²) in [6, 6.07) is 29.8. The molecule has 3 aliphatic rings. The number of rotatable bonds is 8. The first kappa shape index (κ1) is 29.2. The first-order chi connectivity index (χ1) is 20.4. The van der Waals surface area contributed by atoms with Gasteiger partial charge in [0.05, 0.1) is 0 Å². The predicted octanol–water partition coefficient (Wildman–Crippen LogP) is 8.70. The molecule has 1 unspecified atom stereocenters. The fourth-order valence-electron chi connectivity index (χ4n) is 7.30. The van der Waals surface area contributed by atoms with Crippen LogP contribution >= 0.6 is 0 Å². The van der Waals surface area contributed by atoms with Crippen LogP contribution in [0.3, 0.4) is 0 Å². The zero-order chi connectivity index (χ0) is 29.4. The molecule has 42 heavy (non-hydrogen) atoms. The molecule has 0 N–H and O–H groups in total. The first-order valence-corrected chi connectivity index (χ1v) is 18.3. The Labute approximate surface area is 264 Å². The Morgan fingerprint density at radius 2 is 1.48 bits per heavy atom. The summed E-state index contributed by atoms with van der Waals surface area (Å²) >= 11 is -1.30. The van der Waals surface area contributed by atoms with Crippen LogP contribution in [0, 0.1) is 17.3 Å². The monoisotopic (exact) mass is 625 g/mol. The Morgan fingerprint density at radius 3 is 2.00 bits per heavy atom. The third-order valence-corrected chi connectivity index (χ3v) is 13.6. The van der Waals surface area contributed by atoms with Crippen LogP contribution < -0.4 is 10.4 Å². The Kier molecular flexibility index (Phi) is 8.35. The summed E-state index contributed by atoms with van der Waals surface area (Å²) in [4.78, 5) is 0. The molecule has 0 amide bonds. The number of hydrogen-bond donors (Lipinski definition) is 0. The molecule has 1 heteroatoms. The van der Waals surface area contributed by atoms with Gasteiger partial charge in [-0.05, 0) is 0 Å². The van der Waals surface area contributed by atoms with Crippen molar-refractivity contribution >= 4 is 12.1 Å². The third-order valence-electron chi connectivity index (χ3n) is 9.65. The van der Waals surface area contributed by atoms with Gasteiger partial charge in [0, 0.05) is 0 Å². The van der Waals surface area contributed by atoms with Gasteiger partial charge in [-0.2, -0.15) is 0 Å². The van der Waals surface area contributed by atoms with Gasteiger partial charge in [-0.3, -0.25) is 0 Å². The van der Waals surface area contributed by atoms with E-state index in [-0.39, 0.29) is 5.41 Å². The molecule has 3 aromatic rings. The molecule has 0 fully saturated rings. The molecule has 1 atom stereocenters. The zero-order valence-corrected chi connectivity index (χ0v) is 28.5. The van der Waals surface area contributed by atoms with Crippen molar-refractivity contribution < 1.29 is 22.8 Å². The number of allylic oxidation sites excluding steroid dienone is 8. The quantitative estimate of drug-likeness (QED) is 0.235. The van der Waals surface area contributed by atoms with Gasteiger partial charge < -0.3 is 0 Å². The maximum atomic E-state index is 2.72. The second-order valence-electron chi connectivity index (χ2n) is 12.6. The second kappa shape index (κ2) is 12.0. The fourth-order valence-corrected chi connectivity index (χ4v) is 11.2. The average Bonchev–Trinajstić information content (AvgIpc) is 3.66. The van der Waals surface area contributed by atoms with Gasteiger partial charge >= 0.3 is 265 Å². The fraction of sp³-hybridized carbons (Fsp3) is 0.293. The molecule has 6 rings (SSSR count). The molecule has 211 valence electrons. The molecule has 0 aliphatic heterocycles. The van der Waals surface area contributed by atoms with Crippen LogP contribution in [-0.2, 0) is 29.2 Å². The minimum atomic E-state index is -1.30. The SMILES string of the molecule is CCc1ccc2c(c1)=[C]([Zr]=[C](c1ccccc1)c1ccccc1)C1=C(C3=CC=CC3)C(CC)(C(C)C)C=C(C(C)C)C=21. The van der Waals surface area contributed by atoms with Gasteiger partial charge in [0.15, 0.2) is 0 Å². The van der Waals surface area contributed by atoms with Gasteiger partial charge in [0.1, 0.15) is 0 Å². The molecular weight excluding hydrogens is 584 g/mol. The summed E-state index contributed by atoms with van der Waals surface area (Å²) in [6.45, 7) is 14.4. The third kappa shape index (κ3) is 4.93. The second-order valence-corrected chi connectivity index (χ2v) is 15.7. The first-order valence-electron chi connectivity index (χ1n) is 15.9. The van der Waals surface area contributed by atoms with Crippen molar-refractivity contribution in [2.24, 2.45) is 17.3 Å². The summed E-state index contributed by atoms with van der Waals surface area (Å²) in [6.07, 6.45) is 13.0. The number of hydrogen-bond acceptors (Lipinski definition) is 0. The molecule has 0 heterocycles. The van der Waals surface area contributed by atoms with Crippen LogP contribution in [0.15, 0.2) is 125 Å². The van der Waals surface area contributed by atoms with E-state index >= 15 is 0 Å². The van der Waals surface area contributed by atoms with Crippen molar-refractivity contribution in [1.82, 2.24) is 0 Å². The van der Waals surface area contributed by atoms with Crippen LogP contribution in [-0.4, -0.2) is 3.21 Å².